The maximum absolute atomic E-state index is 5.73. The number of nitrogens with two attached hydrogens (primary N) is 1. The first-order chi connectivity index (χ1) is 7.95. The van der Waals surface area contributed by atoms with Crippen LogP contribution in [-0.4, -0.2) is 51.1 Å². The molecule has 0 fully saturated rings. The summed E-state index contributed by atoms with van der Waals surface area (Å²) in [5, 5.41) is 0. The second-order valence-corrected chi connectivity index (χ2v) is 5.24. The molecule has 0 aromatic heterocycles. The lowest BCUT2D eigenvalue weighted by Crippen LogP contribution is -2.38. The summed E-state index contributed by atoms with van der Waals surface area (Å²) in [4.78, 5) is 2.29. The Morgan fingerprint density at radius 3 is 2.12 bits per heavy atom. The monoisotopic (exact) mass is 246 g/mol. The van der Waals surface area contributed by atoms with Gasteiger partial charge < -0.3 is 20.1 Å². The second-order valence-electron chi connectivity index (χ2n) is 5.24. The van der Waals surface area contributed by atoms with Gasteiger partial charge in [0.15, 0.2) is 6.29 Å². The van der Waals surface area contributed by atoms with E-state index in [1.165, 1.54) is 0 Å². The van der Waals surface area contributed by atoms with E-state index >= 15 is 0 Å². The summed E-state index contributed by atoms with van der Waals surface area (Å²) >= 11 is 0. The third-order valence-electron chi connectivity index (χ3n) is 2.70. The first kappa shape index (κ1) is 16.8. The van der Waals surface area contributed by atoms with Gasteiger partial charge in [0.05, 0.1) is 0 Å². The van der Waals surface area contributed by atoms with Crippen molar-refractivity contribution in [2.75, 3.05) is 39.9 Å². The van der Waals surface area contributed by atoms with Gasteiger partial charge in [-0.2, -0.15) is 0 Å². The van der Waals surface area contributed by atoms with E-state index in [0.717, 1.165) is 19.5 Å². The molecule has 0 spiro atoms. The largest absolute Gasteiger partial charge is 0.353 e. The van der Waals surface area contributed by atoms with Crippen LogP contribution in [0.25, 0.3) is 0 Å². The first-order valence-electron chi connectivity index (χ1n) is 6.57. The van der Waals surface area contributed by atoms with Gasteiger partial charge in [0.25, 0.3) is 0 Å². The molecule has 0 rings (SSSR count). The van der Waals surface area contributed by atoms with E-state index in [-0.39, 0.29) is 11.7 Å². The van der Waals surface area contributed by atoms with E-state index in [1.54, 1.807) is 0 Å². The van der Waals surface area contributed by atoms with Crippen LogP contribution in [0.1, 0.15) is 34.1 Å². The number of ether oxygens (including phenoxy) is 2. The lowest BCUT2D eigenvalue weighted by Gasteiger charge is -2.29. The fraction of sp³-hybridized carbons (Fsp3) is 1.00. The van der Waals surface area contributed by atoms with E-state index in [1.807, 2.05) is 13.8 Å². The predicted molar refractivity (Wildman–Crippen MR) is 72.0 cm³/mol. The van der Waals surface area contributed by atoms with Crippen LogP contribution < -0.4 is 5.73 Å². The van der Waals surface area contributed by atoms with Gasteiger partial charge in [0.1, 0.15) is 0 Å². The van der Waals surface area contributed by atoms with Crippen LogP contribution in [0.5, 0.6) is 0 Å². The number of hydrogen-bond donors (Lipinski definition) is 1. The van der Waals surface area contributed by atoms with Crippen LogP contribution >= 0.6 is 0 Å². The van der Waals surface area contributed by atoms with Crippen LogP contribution in [0, 0.1) is 5.41 Å². The smallest absolute Gasteiger partial charge is 0.158 e. The van der Waals surface area contributed by atoms with Gasteiger partial charge in [-0.05, 0) is 32.9 Å². The SMILES string of the molecule is CCOC(CCN(C)CC(C)(C)CN)OCC. The Balaban J connectivity index is 3.90. The Hall–Kier alpha value is -0.160. The maximum atomic E-state index is 5.73. The van der Waals surface area contributed by atoms with Crippen LogP contribution in [0.15, 0.2) is 0 Å². The van der Waals surface area contributed by atoms with Gasteiger partial charge in [-0.25, -0.2) is 0 Å². The van der Waals surface area contributed by atoms with Crippen molar-refractivity contribution in [1.29, 1.82) is 0 Å². The van der Waals surface area contributed by atoms with Crippen molar-refractivity contribution in [2.24, 2.45) is 11.1 Å². The van der Waals surface area contributed by atoms with Crippen LogP contribution in [0.3, 0.4) is 0 Å². The minimum Gasteiger partial charge on any atom is -0.353 e. The Kier molecular flexibility index (Phi) is 8.78. The lowest BCUT2D eigenvalue weighted by atomic mass is 9.93. The maximum Gasteiger partial charge on any atom is 0.158 e. The van der Waals surface area contributed by atoms with Crippen LogP contribution in [-0.2, 0) is 9.47 Å². The highest BCUT2D eigenvalue weighted by Gasteiger charge is 2.18. The Labute approximate surface area is 106 Å². The van der Waals surface area contributed by atoms with Gasteiger partial charge in [-0.1, -0.05) is 13.8 Å². The average Bonchev–Trinajstić information content (AvgIpc) is 2.26. The highest BCUT2D eigenvalue weighted by atomic mass is 16.7. The molecular formula is C13H30N2O2. The summed E-state index contributed by atoms with van der Waals surface area (Å²) < 4.78 is 11.0. The standard InChI is InChI=1S/C13H30N2O2/c1-6-16-12(17-7-2)8-9-15(5)11-13(3,4)10-14/h12H,6-11,14H2,1-5H3. The summed E-state index contributed by atoms with van der Waals surface area (Å²) in [7, 11) is 2.12. The number of nitrogens with zero attached hydrogens (tertiary/aromatic N) is 1. The fourth-order valence-corrected chi connectivity index (χ4v) is 1.79. The summed E-state index contributed by atoms with van der Waals surface area (Å²) in [6.07, 6.45) is 0.826. The molecule has 0 saturated heterocycles. The minimum atomic E-state index is -0.0755. The summed E-state index contributed by atoms with van der Waals surface area (Å²) in [6, 6.07) is 0. The molecule has 0 atom stereocenters. The van der Waals surface area contributed by atoms with Crippen molar-refractivity contribution in [3.05, 3.63) is 0 Å². The third kappa shape index (κ3) is 8.55. The predicted octanol–water partition coefficient (Wildman–Crippen LogP) is 1.69. The average molecular weight is 246 g/mol. The molecule has 0 unspecified atom stereocenters. The fourth-order valence-electron chi connectivity index (χ4n) is 1.79. The van der Waals surface area contributed by atoms with E-state index < -0.39 is 0 Å². The molecule has 104 valence electrons. The molecule has 0 aromatic rings. The molecule has 0 aliphatic rings. The molecule has 0 aromatic carbocycles. The Morgan fingerprint density at radius 1 is 1.18 bits per heavy atom. The highest BCUT2D eigenvalue weighted by molar-refractivity contribution is 4.73. The van der Waals surface area contributed by atoms with Crippen molar-refractivity contribution in [3.63, 3.8) is 0 Å². The van der Waals surface area contributed by atoms with E-state index in [9.17, 15) is 0 Å². The normalized spacial score (nSPS) is 12.7. The van der Waals surface area contributed by atoms with Gasteiger partial charge in [0.2, 0.25) is 0 Å². The molecule has 17 heavy (non-hydrogen) atoms. The minimum absolute atomic E-state index is 0.0755. The Morgan fingerprint density at radius 2 is 1.71 bits per heavy atom. The third-order valence-corrected chi connectivity index (χ3v) is 2.70. The zero-order valence-corrected chi connectivity index (χ0v) is 12.2. The zero-order valence-electron chi connectivity index (χ0n) is 12.2. The molecule has 4 nitrogen and oxygen atoms in total. The van der Waals surface area contributed by atoms with Crippen molar-refractivity contribution in [2.45, 2.75) is 40.4 Å². The molecule has 2 N–H and O–H groups in total. The van der Waals surface area contributed by atoms with Gasteiger partial charge in [-0.3, -0.25) is 0 Å². The topological polar surface area (TPSA) is 47.7 Å². The molecular weight excluding hydrogens is 216 g/mol. The van der Waals surface area contributed by atoms with E-state index in [2.05, 4.69) is 25.8 Å². The first-order valence-corrected chi connectivity index (χ1v) is 6.57. The Bertz CT molecular complexity index is 180. The van der Waals surface area contributed by atoms with Crippen molar-refractivity contribution < 1.29 is 9.47 Å². The molecule has 0 aliphatic carbocycles. The van der Waals surface area contributed by atoms with Crippen molar-refractivity contribution >= 4 is 0 Å². The molecule has 0 amide bonds. The summed E-state index contributed by atoms with van der Waals surface area (Å²) in [5.41, 5.74) is 5.90. The number of hydrogen-bond acceptors (Lipinski definition) is 4. The lowest BCUT2D eigenvalue weighted by molar-refractivity contribution is -0.141. The van der Waals surface area contributed by atoms with E-state index in [0.29, 0.717) is 19.8 Å². The molecule has 4 heteroatoms. The quantitative estimate of drug-likeness (QED) is 0.596. The summed E-state index contributed by atoms with van der Waals surface area (Å²) in [5.74, 6) is 0. The molecule has 0 radical (unpaired) electrons. The summed E-state index contributed by atoms with van der Waals surface area (Å²) in [6.45, 7) is 12.4. The number of rotatable bonds is 10. The molecule has 0 saturated carbocycles. The highest BCUT2D eigenvalue weighted by Crippen LogP contribution is 2.14. The van der Waals surface area contributed by atoms with Crippen molar-refractivity contribution in [1.82, 2.24) is 4.90 Å². The van der Waals surface area contributed by atoms with Crippen LogP contribution in [0.2, 0.25) is 0 Å². The second kappa shape index (κ2) is 8.86. The molecule has 0 aliphatic heterocycles. The zero-order chi connectivity index (χ0) is 13.3. The van der Waals surface area contributed by atoms with Gasteiger partial charge in [-0.15, -0.1) is 0 Å². The van der Waals surface area contributed by atoms with Crippen molar-refractivity contribution in [3.8, 4) is 0 Å². The molecule has 0 heterocycles. The van der Waals surface area contributed by atoms with Crippen LogP contribution in [0.4, 0.5) is 0 Å². The van der Waals surface area contributed by atoms with E-state index in [4.69, 9.17) is 15.2 Å². The van der Waals surface area contributed by atoms with Gasteiger partial charge >= 0.3 is 0 Å². The molecule has 0 bridgehead atoms. The van der Waals surface area contributed by atoms with Gasteiger partial charge in [0, 0.05) is 32.7 Å².